The zero-order valence-corrected chi connectivity index (χ0v) is 12.6. The molecule has 0 aliphatic heterocycles. The Morgan fingerprint density at radius 1 is 1.26 bits per heavy atom. The van der Waals surface area contributed by atoms with Crippen LogP contribution in [0.25, 0.3) is 6.08 Å². The first-order valence-corrected chi connectivity index (χ1v) is 7.54. The molecule has 0 aliphatic rings. The van der Waals surface area contributed by atoms with Crippen molar-refractivity contribution >= 4 is 16.1 Å². The van der Waals surface area contributed by atoms with Gasteiger partial charge in [0.05, 0.1) is 5.60 Å². The summed E-state index contributed by atoms with van der Waals surface area (Å²) in [5.74, 6) is 0. The average molecular weight is 283 g/mol. The number of nitrogens with zero attached hydrogens (tertiary/aromatic N) is 1. The first kappa shape index (κ1) is 15.9. The van der Waals surface area contributed by atoms with Crippen molar-refractivity contribution < 1.29 is 13.5 Å². The van der Waals surface area contributed by atoms with Crippen molar-refractivity contribution in [2.24, 2.45) is 0 Å². The van der Waals surface area contributed by atoms with Crippen LogP contribution in [0, 0.1) is 6.92 Å². The summed E-state index contributed by atoms with van der Waals surface area (Å²) < 4.78 is 25.1. The van der Waals surface area contributed by atoms with E-state index < -0.39 is 15.6 Å². The van der Waals surface area contributed by atoms with Crippen LogP contribution in [0.15, 0.2) is 29.7 Å². The highest BCUT2D eigenvalue weighted by molar-refractivity contribution is 7.92. The van der Waals surface area contributed by atoms with Crippen LogP contribution in [0.2, 0.25) is 0 Å². The Labute approximate surface area is 115 Å². The normalized spacial score (nSPS) is 13.4. The molecule has 0 radical (unpaired) electrons. The van der Waals surface area contributed by atoms with E-state index in [2.05, 4.69) is 0 Å². The molecule has 0 aromatic heterocycles. The fourth-order valence-corrected chi connectivity index (χ4v) is 2.61. The van der Waals surface area contributed by atoms with Crippen molar-refractivity contribution in [1.82, 2.24) is 4.31 Å². The standard InChI is InChI=1S/C14H21NO3S/c1-12-5-7-13(8-6-12)9-10-19(17,18)15(4)11-14(2,3)16/h5-10,16H,11H2,1-4H3/b10-9+. The van der Waals surface area contributed by atoms with E-state index in [1.54, 1.807) is 19.9 Å². The molecule has 0 heterocycles. The zero-order chi connectivity index (χ0) is 14.7. The maximum atomic E-state index is 12.0. The summed E-state index contributed by atoms with van der Waals surface area (Å²) in [6.07, 6.45) is 1.55. The molecule has 0 aliphatic carbocycles. The minimum atomic E-state index is -3.51. The average Bonchev–Trinajstić information content (AvgIpc) is 2.26. The number of hydrogen-bond donors (Lipinski definition) is 1. The Morgan fingerprint density at radius 2 is 1.79 bits per heavy atom. The van der Waals surface area contributed by atoms with Crippen molar-refractivity contribution in [1.29, 1.82) is 0 Å². The van der Waals surface area contributed by atoms with Crippen LogP contribution < -0.4 is 0 Å². The van der Waals surface area contributed by atoms with E-state index in [-0.39, 0.29) is 6.54 Å². The molecule has 0 atom stereocenters. The van der Waals surface area contributed by atoms with Crippen LogP contribution in [-0.2, 0) is 10.0 Å². The van der Waals surface area contributed by atoms with Gasteiger partial charge >= 0.3 is 0 Å². The molecule has 106 valence electrons. The van der Waals surface area contributed by atoms with Crippen molar-refractivity contribution in [3.05, 3.63) is 40.8 Å². The van der Waals surface area contributed by atoms with E-state index in [0.717, 1.165) is 20.8 Å². The predicted octanol–water partition coefficient (Wildman–Crippen LogP) is 2.00. The molecule has 0 bridgehead atoms. The molecule has 0 spiro atoms. The monoisotopic (exact) mass is 283 g/mol. The predicted molar refractivity (Wildman–Crippen MR) is 78.1 cm³/mol. The van der Waals surface area contributed by atoms with E-state index in [1.165, 1.54) is 7.05 Å². The first-order chi connectivity index (χ1) is 8.60. The summed E-state index contributed by atoms with van der Waals surface area (Å²) in [6.45, 7) is 5.17. The molecule has 5 heteroatoms. The van der Waals surface area contributed by atoms with Gasteiger partial charge in [-0.25, -0.2) is 8.42 Å². The third-order valence-corrected chi connectivity index (χ3v) is 4.03. The third-order valence-electron chi connectivity index (χ3n) is 2.55. The lowest BCUT2D eigenvalue weighted by atomic mass is 10.1. The minimum Gasteiger partial charge on any atom is -0.389 e. The second-order valence-electron chi connectivity index (χ2n) is 5.33. The van der Waals surface area contributed by atoms with Gasteiger partial charge in [0.25, 0.3) is 0 Å². The Morgan fingerprint density at radius 3 is 2.26 bits per heavy atom. The number of benzene rings is 1. The lowest BCUT2D eigenvalue weighted by molar-refractivity contribution is 0.0642. The summed E-state index contributed by atoms with van der Waals surface area (Å²) >= 11 is 0. The fourth-order valence-electron chi connectivity index (χ4n) is 1.58. The van der Waals surface area contributed by atoms with Crippen LogP contribution >= 0.6 is 0 Å². The van der Waals surface area contributed by atoms with E-state index in [1.807, 2.05) is 31.2 Å². The van der Waals surface area contributed by atoms with Gasteiger partial charge in [-0.05, 0) is 32.4 Å². The first-order valence-electron chi connectivity index (χ1n) is 6.04. The van der Waals surface area contributed by atoms with Crippen molar-refractivity contribution in [3.63, 3.8) is 0 Å². The van der Waals surface area contributed by atoms with Crippen LogP contribution in [-0.4, -0.2) is 37.0 Å². The van der Waals surface area contributed by atoms with Gasteiger partial charge in [-0.2, -0.15) is 4.31 Å². The van der Waals surface area contributed by atoms with Gasteiger partial charge in [0.2, 0.25) is 10.0 Å². The highest BCUT2D eigenvalue weighted by atomic mass is 32.2. The minimum absolute atomic E-state index is 0.0492. The summed E-state index contributed by atoms with van der Waals surface area (Å²) in [4.78, 5) is 0. The van der Waals surface area contributed by atoms with Gasteiger partial charge in [-0.3, -0.25) is 0 Å². The summed E-state index contributed by atoms with van der Waals surface area (Å²) in [7, 11) is -2.06. The van der Waals surface area contributed by atoms with Gasteiger partial charge in [0.15, 0.2) is 0 Å². The molecule has 4 nitrogen and oxygen atoms in total. The number of aryl methyl sites for hydroxylation is 1. The van der Waals surface area contributed by atoms with Gasteiger partial charge in [-0.1, -0.05) is 29.8 Å². The molecular formula is C14H21NO3S. The molecule has 1 N–H and O–H groups in total. The lowest BCUT2D eigenvalue weighted by Crippen LogP contribution is -2.38. The number of hydrogen-bond acceptors (Lipinski definition) is 3. The smallest absolute Gasteiger partial charge is 0.236 e. The molecule has 0 saturated carbocycles. The number of rotatable bonds is 5. The molecule has 0 amide bonds. The second-order valence-corrected chi connectivity index (χ2v) is 7.25. The van der Waals surface area contributed by atoms with E-state index in [4.69, 9.17) is 0 Å². The van der Waals surface area contributed by atoms with Crippen molar-refractivity contribution in [2.75, 3.05) is 13.6 Å². The number of sulfonamides is 1. The van der Waals surface area contributed by atoms with Crippen LogP contribution in [0.4, 0.5) is 0 Å². The molecule has 1 aromatic rings. The molecule has 1 rings (SSSR count). The Hall–Kier alpha value is -1.17. The zero-order valence-electron chi connectivity index (χ0n) is 11.8. The topological polar surface area (TPSA) is 57.6 Å². The fraction of sp³-hybridized carbons (Fsp3) is 0.429. The largest absolute Gasteiger partial charge is 0.389 e. The molecule has 0 fully saturated rings. The summed E-state index contributed by atoms with van der Waals surface area (Å²) in [5, 5.41) is 10.8. The van der Waals surface area contributed by atoms with Gasteiger partial charge < -0.3 is 5.11 Å². The van der Waals surface area contributed by atoms with Crippen molar-refractivity contribution in [3.8, 4) is 0 Å². The summed E-state index contributed by atoms with van der Waals surface area (Å²) in [5.41, 5.74) is 0.893. The number of likely N-dealkylation sites (N-methyl/N-ethyl adjacent to an activating group) is 1. The van der Waals surface area contributed by atoms with E-state index >= 15 is 0 Å². The number of aliphatic hydroxyl groups is 1. The van der Waals surface area contributed by atoms with Crippen molar-refractivity contribution in [2.45, 2.75) is 26.4 Å². The van der Waals surface area contributed by atoms with E-state index in [9.17, 15) is 13.5 Å². The molecular weight excluding hydrogens is 262 g/mol. The van der Waals surface area contributed by atoms with Crippen LogP contribution in [0.5, 0.6) is 0 Å². The van der Waals surface area contributed by atoms with Crippen LogP contribution in [0.1, 0.15) is 25.0 Å². The third kappa shape index (κ3) is 5.55. The van der Waals surface area contributed by atoms with Gasteiger partial charge in [0, 0.05) is 19.0 Å². The molecule has 19 heavy (non-hydrogen) atoms. The highest BCUT2D eigenvalue weighted by Crippen LogP contribution is 2.11. The second kappa shape index (κ2) is 5.86. The quantitative estimate of drug-likeness (QED) is 0.899. The maximum Gasteiger partial charge on any atom is 0.236 e. The Kier molecular flexibility index (Phi) is 4.90. The van der Waals surface area contributed by atoms with Gasteiger partial charge in [-0.15, -0.1) is 0 Å². The maximum absolute atomic E-state index is 12.0. The van der Waals surface area contributed by atoms with E-state index in [0.29, 0.717) is 0 Å². The summed E-state index contributed by atoms with van der Waals surface area (Å²) in [6, 6.07) is 7.56. The Bertz CT molecular complexity index is 539. The highest BCUT2D eigenvalue weighted by Gasteiger charge is 2.22. The molecule has 0 unspecified atom stereocenters. The van der Waals surface area contributed by atoms with Crippen LogP contribution in [0.3, 0.4) is 0 Å². The van der Waals surface area contributed by atoms with Gasteiger partial charge in [0.1, 0.15) is 0 Å². The SMILES string of the molecule is Cc1ccc(/C=C/S(=O)(=O)N(C)CC(C)(C)O)cc1. The molecule has 0 saturated heterocycles. The molecule has 1 aromatic carbocycles. The lowest BCUT2D eigenvalue weighted by Gasteiger charge is -2.23. The Balaban J connectivity index is 2.82.